The molecular formula is C24H22Br4O2. The molecule has 30 heavy (non-hydrogen) atoms. The number of halogens is 4. The van der Waals surface area contributed by atoms with Crippen LogP contribution in [0.3, 0.4) is 0 Å². The fourth-order valence-electron chi connectivity index (χ4n) is 3.57. The van der Waals surface area contributed by atoms with E-state index in [1.807, 2.05) is 24.3 Å². The van der Waals surface area contributed by atoms with Crippen LogP contribution in [-0.2, 0) is 12.8 Å². The standard InChI is InChI=1S/C24H22Br4O2/c1-13(17-9-19(25)23(29)20(26)10-17)6-15-4-3-5-16(8-15)7-14(2)18-11-21(27)24(30)22(28)12-18/h3-5,8-14,29-30H,6-7H2,1-2H3. The van der Waals surface area contributed by atoms with Crippen molar-refractivity contribution in [2.24, 2.45) is 0 Å². The lowest BCUT2D eigenvalue weighted by Crippen LogP contribution is -2.02. The minimum Gasteiger partial charge on any atom is -0.506 e. The van der Waals surface area contributed by atoms with E-state index in [9.17, 15) is 10.2 Å². The van der Waals surface area contributed by atoms with Gasteiger partial charge in [-0.2, -0.15) is 0 Å². The third kappa shape index (κ3) is 5.70. The third-order valence-corrected chi connectivity index (χ3v) is 7.71. The van der Waals surface area contributed by atoms with E-state index >= 15 is 0 Å². The Morgan fingerprint density at radius 1 is 0.633 bits per heavy atom. The van der Waals surface area contributed by atoms with Gasteiger partial charge in [0.15, 0.2) is 0 Å². The first-order valence-electron chi connectivity index (χ1n) is 9.59. The fourth-order valence-corrected chi connectivity index (χ4v) is 6.01. The zero-order chi connectivity index (χ0) is 22.0. The third-order valence-electron chi connectivity index (χ3n) is 5.29. The van der Waals surface area contributed by atoms with Crippen molar-refractivity contribution in [3.8, 4) is 11.5 Å². The van der Waals surface area contributed by atoms with Gasteiger partial charge in [-0.1, -0.05) is 38.1 Å². The Kier molecular flexibility index (Phi) is 8.10. The summed E-state index contributed by atoms with van der Waals surface area (Å²) < 4.78 is 2.81. The number of rotatable bonds is 6. The Morgan fingerprint density at radius 2 is 0.967 bits per heavy atom. The molecule has 0 aliphatic rings. The molecule has 0 aliphatic carbocycles. The van der Waals surface area contributed by atoms with E-state index in [-0.39, 0.29) is 11.5 Å². The molecule has 2 atom stereocenters. The van der Waals surface area contributed by atoms with Gasteiger partial charge in [0.05, 0.1) is 17.9 Å². The van der Waals surface area contributed by atoms with Crippen LogP contribution in [0.4, 0.5) is 0 Å². The summed E-state index contributed by atoms with van der Waals surface area (Å²) in [5.41, 5.74) is 4.93. The van der Waals surface area contributed by atoms with Gasteiger partial charge in [0.1, 0.15) is 11.5 Å². The number of aromatic hydroxyl groups is 2. The second-order valence-corrected chi connectivity index (χ2v) is 11.1. The van der Waals surface area contributed by atoms with E-state index in [1.54, 1.807) is 0 Å². The average molecular weight is 662 g/mol. The molecule has 3 aromatic carbocycles. The lowest BCUT2D eigenvalue weighted by Gasteiger charge is -2.17. The van der Waals surface area contributed by atoms with Crippen LogP contribution in [0, 0.1) is 0 Å². The van der Waals surface area contributed by atoms with Gasteiger partial charge in [-0.05, 0) is 135 Å². The first-order chi connectivity index (χ1) is 14.2. The van der Waals surface area contributed by atoms with Crippen LogP contribution >= 0.6 is 63.7 Å². The lowest BCUT2D eigenvalue weighted by molar-refractivity contribution is 0.467. The van der Waals surface area contributed by atoms with Crippen molar-refractivity contribution in [3.05, 3.63) is 88.7 Å². The van der Waals surface area contributed by atoms with Gasteiger partial charge in [0, 0.05) is 0 Å². The molecule has 0 amide bonds. The number of benzene rings is 3. The summed E-state index contributed by atoms with van der Waals surface area (Å²) in [5, 5.41) is 19.9. The van der Waals surface area contributed by atoms with Crippen molar-refractivity contribution in [1.29, 1.82) is 0 Å². The molecule has 2 N–H and O–H groups in total. The zero-order valence-corrected chi connectivity index (χ0v) is 22.9. The molecular weight excluding hydrogens is 640 g/mol. The Morgan fingerprint density at radius 3 is 1.30 bits per heavy atom. The average Bonchev–Trinajstić information content (AvgIpc) is 2.69. The Bertz CT molecular complexity index is 938. The summed E-state index contributed by atoms with van der Waals surface area (Å²) in [6.45, 7) is 4.40. The minimum absolute atomic E-state index is 0.231. The van der Waals surface area contributed by atoms with Crippen molar-refractivity contribution in [2.45, 2.75) is 38.5 Å². The smallest absolute Gasteiger partial charge is 0.143 e. The normalized spacial score (nSPS) is 13.3. The molecule has 0 heterocycles. The molecule has 0 spiro atoms. The summed E-state index contributed by atoms with van der Waals surface area (Å²) in [4.78, 5) is 0. The monoisotopic (exact) mass is 658 g/mol. The highest BCUT2D eigenvalue weighted by molar-refractivity contribution is 9.11. The van der Waals surface area contributed by atoms with Crippen LogP contribution in [0.1, 0.15) is 47.9 Å². The van der Waals surface area contributed by atoms with E-state index in [1.165, 1.54) is 22.3 Å². The van der Waals surface area contributed by atoms with Crippen LogP contribution in [-0.4, -0.2) is 10.2 Å². The molecule has 0 aromatic heterocycles. The summed E-state index contributed by atoms with van der Waals surface area (Å²) in [7, 11) is 0. The maximum Gasteiger partial charge on any atom is 0.143 e. The molecule has 6 heteroatoms. The van der Waals surface area contributed by atoms with E-state index in [0.29, 0.717) is 29.7 Å². The molecule has 3 aromatic rings. The van der Waals surface area contributed by atoms with Gasteiger partial charge < -0.3 is 10.2 Å². The number of phenols is 2. The number of phenolic OH excluding ortho intramolecular Hbond substituents is 2. The summed E-state index contributed by atoms with van der Waals surface area (Å²) in [6.07, 6.45) is 1.84. The van der Waals surface area contributed by atoms with E-state index < -0.39 is 0 Å². The maximum atomic E-state index is 9.95. The van der Waals surface area contributed by atoms with Crippen molar-refractivity contribution in [2.75, 3.05) is 0 Å². The maximum absolute atomic E-state index is 9.95. The molecule has 0 bridgehead atoms. The van der Waals surface area contributed by atoms with Crippen LogP contribution in [0.5, 0.6) is 11.5 Å². The molecule has 158 valence electrons. The Hall–Kier alpha value is -0.820. The predicted octanol–water partition coefficient (Wildman–Crippen LogP) is 8.84. The second kappa shape index (κ2) is 10.2. The molecule has 0 saturated carbocycles. The molecule has 0 saturated heterocycles. The largest absolute Gasteiger partial charge is 0.506 e. The van der Waals surface area contributed by atoms with Gasteiger partial charge >= 0.3 is 0 Å². The van der Waals surface area contributed by atoms with Crippen LogP contribution in [0.15, 0.2) is 66.4 Å². The fraction of sp³-hybridized carbons (Fsp3) is 0.250. The predicted molar refractivity (Wildman–Crippen MR) is 138 cm³/mol. The highest BCUT2D eigenvalue weighted by Crippen LogP contribution is 2.37. The molecule has 0 radical (unpaired) electrons. The SMILES string of the molecule is CC(Cc1cccc(CC(C)c2cc(Br)c(O)c(Br)c2)c1)c1cc(Br)c(O)c(Br)c1. The van der Waals surface area contributed by atoms with Gasteiger partial charge in [0.2, 0.25) is 0 Å². The second-order valence-electron chi connectivity index (χ2n) is 7.70. The topological polar surface area (TPSA) is 40.5 Å². The van der Waals surface area contributed by atoms with Crippen molar-refractivity contribution in [1.82, 2.24) is 0 Å². The van der Waals surface area contributed by atoms with Gasteiger partial charge in [-0.15, -0.1) is 0 Å². The summed E-state index contributed by atoms with van der Waals surface area (Å²) in [6, 6.07) is 16.7. The van der Waals surface area contributed by atoms with Crippen LogP contribution in [0.25, 0.3) is 0 Å². The van der Waals surface area contributed by atoms with E-state index in [0.717, 1.165) is 12.8 Å². The molecule has 0 fully saturated rings. The molecule has 2 unspecified atom stereocenters. The zero-order valence-electron chi connectivity index (χ0n) is 16.6. The van der Waals surface area contributed by atoms with Gasteiger partial charge in [-0.3, -0.25) is 0 Å². The van der Waals surface area contributed by atoms with E-state index in [4.69, 9.17) is 0 Å². The van der Waals surface area contributed by atoms with Crippen molar-refractivity contribution in [3.63, 3.8) is 0 Å². The quantitative estimate of drug-likeness (QED) is 0.277. The van der Waals surface area contributed by atoms with Gasteiger partial charge in [0.25, 0.3) is 0 Å². The van der Waals surface area contributed by atoms with Crippen LogP contribution in [0.2, 0.25) is 0 Å². The highest BCUT2D eigenvalue weighted by Gasteiger charge is 2.14. The first kappa shape index (κ1) is 23.8. The molecule has 3 rings (SSSR count). The van der Waals surface area contributed by atoms with Crippen LogP contribution < -0.4 is 0 Å². The first-order valence-corrected chi connectivity index (χ1v) is 12.8. The number of hydrogen-bond donors (Lipinski definition) is 2. The summed E-state index contributed by atoms with van der Waals surface area (Å²) >= 11 is 13.7. The van der Waals surface area contributed by atoms with Crippen molar-refractivity contribution < 1.29 is 10.2 Å². The van der Waals surface area contributed by atoms with E-state index in [2.05, 4.69) is 102 Å². The minimum atomic E-state index is 0.231. The Labute approximate surface area is 211 Å². The molecule has 2 nitrogen and oxygen atoms in total. The highest BCUT2D eigenvalue weighted by atomic mass is 79.9. The lowest BCUT2D eigenvalue weighted by atomic mass is 9.90. The molecule has 0 aliphatic heterocycles. The Balaban J connectivity index is 1.74. The van der Waals surface area contributed by atoms with Gasteiger partial charge in [-0.25, -0.2) is 0 Å². The number of hydrogen-bond acceptors (Lipinski definition) is 2. The summed E-state index contributed by atoms with van der Waals surface area (Å²) in [5.74, 6) is 1.09. The van der Waals surface area contributed by atoms with Crippen molar-refractivity contribution >= 4 is 63.7 Å².